The van der Waals surface area contributed by atoms with Gasteiger partial charge in [0.05, 0.1) is 11.1 Å². The van der Waals surface area contributed by atoms with Crippen molar-refractivity contribution in [2.75, 3.05) is 5.73 Å². The molecule has 144 valence electrons. The number of carbonyl (C=O) groups is 1. The van der Waals surface area contributed by atoms with Gasteiger partial charge in [-0.3, -0.25) is 4.79 Å². The Morgan fingerprint density at radius 2 is 1.96 bits per heavy atom. The van der Waals surface area contributed by atoms with Crippen molar-refractivity contribution in [3.8, 4) is 5.75 Å². The molecular formula is C22H27NO4. The van der Waals surface area contributed by atoms with Crippen molar-refractivity contribution >= 4 is 11.5 Å². The summed E-state index contributed by atoms with van der Waals surface area (Å²) in [7, 11) is 0. The van der Waals surface area contributed by atoms with Gasteiger partial charge in [0.15, 0.2) is 5.78 Å². The van der Waals surface area contributed by atoms with Crippen molar-refractivity contribution in [2.24, 2.45) is 0 Å². The second-order valence-electron chi connectivity index (χ2n) is 7.30. The number of benzene rings is 1. The number of carbonyl (C=O) groups excluding carboxylic acids is 1. The van der Waals surface area contributed by atoms with Gasteiger partial charge in [0, 0.05) is 24.4 Å². The van der Waals surface area contributed by atoms with E-state index < -0.39 is 5.63 Å². The highest BCUT2D eigenvalue weighted by atomic mass is 16.4. The Kier molecular flexibility index (Phi) is 5.99. The predicted molar refractivity (Wildman–Crippen MR) is 105 cm³/mol. The van der Waals surface area contributed by atoms with Crippen molar-refractivity contribution in [1.29, 1.82) is 0 Å². The highest BCUT2D eigenvalue weighted by Gasteiger charge is 2.30. The first-order valence-corrected chi connectivity index (χ1v) is 9.80. The molecule has 1 heterocycles. The monoisotopic (exact) mass is 369 g/mol. The molecule has 0 spiro atoms. The maximum Gasteiger partial charge on any atom is 0.343 e. The lowest BCUT2D eigenvalue weighted by molar-refractivity contribution is 0.0968. The fourth-order valence-electron chi connectivity index (χ4n) is 3.89. The molecule has 1 atom stereocenters. The summed E-state index contributed by atoms with van der Waals surface area (Å²) in [4.78, 5) is 25.4. The van der Waals surface area contributed by atoms with Gasteiger partial charge in [0.2, 0.25) is 0 Å². The van der Waals surface area contributed by atoms with Crippen LogP contribution in [0, 0.1) is 0 Å². The van der Waals surface area contributed by atoms with Crippen LogP contribution in [0.4, 0.5) is 5.69 Å². The summed E-state index contributed by atoms with van der Waals surface area (Å²) in [6.45, 7) is 2.07. The second kappa shape index (κ2) is 8.42. The van der Waals surface area contributed by atoms with E-state index in [-0.39, 0.29) is 28.6 Å². The van der Waals surface area contributed by atoms with Crippen LogP contribution in [0.25, 0.3) is 0 Å². The third-order valence-electron chi connectivity index (χ3n) is 5.30. The molecule has 3 N–H and O–H groups in total. The first-order valence-electron chi connectivity index (χ1n) is 9.80. The molecule has 0 radical (unpaired) electrons. The minimum Gasteiger partial charge on any atom is -0.506 e. The molecule has 1 aromatic carbocycles. The molecule has 1 aliphatic rings. The van der Waals surface area contributed by atoms with Crippen molar-refractivity contribution in [2.45, 2.75) is 64.2 Å². The number of Topliss-reactive ketones (excluding diaryl/α,β-unsaturated/α-hetero) is 1. The number of nitrogens with two attached hydrogens (primary N) is 1. The number of unbranched alkanes of at least 4 members (excludes halogenated alkanes) is 1. The minimum atomic E-state index is -0.553. The van der Waals surface area contributed by atoms with Gasteiger partial charge >= 0.3 is 5.63 Å². The highest BCUT2D eigenvalue weighted by molar-refractivity contribution is 5.99. The lowest BCUT2D eigenvalue weighted by Crippen LogP contribution is -2.20. The molecular weight excluding hydrogens is 342 g/mol. The Morgan fingerprint density at radius 1 is 1.19 bits per heavy atom. The topological polar surface area (TPSA) is 93.5 Å². The largest absolute Gasteiger partial charge is 0.506 e. The summed E-state index contributed by atoms with van der Waals surface area (Å²) >= 11 is 0. The molecule has 1 unspecified atom stereocenters. The van der Waals surface area contributed by atoms with Gasteiger partial charge in [-0.1, -0.05) is 38.3 Å². The summed E-state index contributed by atoms with van der Waals surface area (Å²) in [5.41, 5.74) is 7.21. The molecule has 1 aliphatic carbocycles. The van der Waals surface area contributed by atoms with Gasteiger partial charge in [-0.2, -0.15) is 0 Å². The molecule has 5 nitrogen and oxygen atoms in total. The maximum atomic E-state index is 12.8. The average molecular weight is 369 g/mol. The van der Waals surface area contributed by atoms with Gasteiger partial charge in [-0.05, 0) is 37.0 Å². The molecule has 3 rings (SSSR count). The molecule has 0 saturated heterocycles. The molecule has 2 aromatic rings. The van der Waals surface area contributed by atoms with Crippen molar-refractivity contribution in [3.05, 3.63) is 57.1 Å². The van der Waals surface area contributed by atoms with Crippen molar-refractivity contribution < 1.29 is 14.3 Å². The lowest BCUT2D eigenvalue weighted by Gasteiger charge is -2.21. The van der Waals surface area contributed by atoms with E-state index in [4.69, 9.17) is 10.2 Å². The molecule has 0 bridgehead atoms. The quantitative estimate of drug-likeness (QED) is 0.754. The zero-order valence-corrected chi connectivity index (χ0v) is 15.8. The lowest BCUT2D eigenvalue weighted by atomic mass is 9.85. The van der Waals surface area contributed by atoms with Crippen LogP contribution in [0.3, 0.4) is 0 Å². The Bertz CT molecular complexity index is 884. The van der Waals surface area contributed by atoms with Crippen LogP contribution in [-0.4, -0.2) is 10.9 Å². The number of ketones is 1. The van der Waals surface area contributed by atoms with Gasteiger partial charge in [0.25, 0.3) is 0 Å². The number of nitrogen functional groups attached to an aromatic ring is 1. The average Bonchev–Trinajstić information content (AvgIpc) is 2.62. The SMILES string of the molecule is CCCCC(c1cccc(N)c1)c1c(O)c2c(oc1=O)CCCCCC2=O. The standard InChI is InChI=1S/C22H27NO4/c1-2-3-10-16(14-8-7-9-15(23)13-14)19-21(25)20-17(24)11-5-4-6-12-18(20)27-22(19)26/h7-9,13,16,25H,2-6,10-12,23H2,1H3. The Labute approximate surface area is 159 Å². The molecule has 0 aliphatic heterocycles. The molecule has 0 fully saturated rings. The van der Waals surface area contributed by atoms with Crippen molar-refractivity contribution in [3.63, 3.8) is 0 Å². The number of hydrogen-bond acceptors (Lipinski definition) is 5. The van der Waals surface area contributed by atoms with E-state index >= 15 is 0 Å². The molecule has 1 aromatic heterocycles. The van der Waals surface area contributed by atoms with E-state index in [0.717, 1.165) is 37.7 Å². The van der Waals surface area contributed by atoms with Gasteiger partial charge < -0.3 is 15.3 Å². The third-order valence-corrected chi connectivity index (χ3v) is 5.30. The van der Waals surface area contributed by atoms with Gasteiger partial charge in [-0.15, -0.1) is 0 Å². The second-order valence-corrected chi connectivity index (χ2v) is 7.30. The minimum absolute atomic E-state index is 0.144. The fraction of sp³-hybridized carbons (Fsp3) is 0.455. The smallest absolute Gasteiger partial charge is 0.343 e. The van der Waals surface area contributed by atoms with Crippen LogP contribution in [0.15, 0.2) is 33.5 Å². The first kappa shape index (κ1) is 19.2. The van der Waals surface area contributed by atoms with E-state index in [9.17, 15) is 14.7 Å². The summed E-state index contributed by atoms with van der Waals surface area (Å²) in [5, 5.41) is 11.0. The Hall–Kier alpha value is -2.56. The summed E-state index contributed by atoms with van der Waals surface area (Å²) < 4.78 is 5.56. The van der Waals surface area contributed by atoms with Crippen molar-refractivity contribution in [1.82, 2.24) is 0 Å². The zero-order chi connectivity index (χ0) is 19.4. The Balaban J connectivity index is 2.17. The number of hydrogen-bond donors (Lipinski definition) is 2. The molecule has 5 heteroatoms. The number of anilines is 1. The maximum absolute atomic E-state index is 12.8. The first-order chi connectivity index (χ1) is 13.0. The molecule has 0 amide bonds. The highest BCUT2D eigenvalue weighted by Crippen LogP contribution is 2.38. The predicted octanol–water partition coefficient (Wildman–Crippen LogP) is 4.55. The number of aromatic hydroxyl groups is 1. The van der Waals surface area contributed by atoms with E-state index in [1.165, 1.54) is 0 Å². The number of rotatable bonds is 5. The summed E-state index contributed by atoms with van der Waals surface area (Å²) in [5.74, 6) is -0.369. The van der Waals surface area contributed by atoms with Crippen LogP contribution in [0.5, 0.6) is 5.75 Å². The van der Waals surface area contributed by atoms with Crippen LogP contribution in [-0.2, 0) is 6.42 Å². The van der Waals surface area contributed by atoms with Gasteiger partial charge in [-0.25, -0.2) is 4.79 Å². The van der Waals surface area contributed by atoms with Crippen LogP contribution >= 0.6 is 0 Å². The summed E-state index contributed by atoms with van der Waals surface area (Å²) in [6.07, 6.45) is 5.92. The summed E-state index contributed by atoms with van der Waals surface area (Å²) in [6, 6.07) is 7.33. The fourth-order valence-corrected chi connectivity index (χ4v) is 3.89. The number of aryl methyl sites for hydroxylation is 1. The molecule has 27 heavy (non-hydrogen) atoms. The number of fused-ring (bicyclic) bond motifs is 1. The third kappa shape index (κ3) is 4.07. The van der Waals surface area contributed by atoms with Gasteiger partial charge in [0.1, 0.15) is 11.5 Å². The van der Waals surface area contributed by atoms with Crippen LogP contribution < -0.4 is 11.4 Å². The van der Waals surface area contributed by atoms with Crippen LogP contribution in [0.1, 0.15) is 85.0 Å². The normalized spacial score (nSPS) is 15.7. The van der Waals surface area contributed by atoms with Crippen LogP contribution in [0.2, 0.25) is 0 Å². The zero-order valence-electron chi connectivity index (χ0n) is 15.8. The molecule has 0 saturated carbocycles. The van der Waals surface area contributed by atoms with E-state index in [1.54, 1.807) is 6.07 Å². The Morgan fingerprint density at radius 3 is 2.70 bits per heavy atom. The van der Waals surface area contributed by atoms with E-state index in [2.05, 4.69) is 6.92 Å². The van der Waals surface area contributed by atoms with E-state index in [1.807, 2.05) is 18.2 Å². The van der Waals surface area contributed by atoms with E-state index in [0.29, 0.717) is 30.7 Å².